The summed E-state index contributed by atoms with van der Waals surface area (Å²) in [4.78, 5) is 10.5. The Morgan fingerprint density at radius 2 is 2.20 bits per heavy atom. The number of carbonyl (C=O) groups is 1. The normalized spacial score (nSPS) is 9.67. The van der Waals surface area contributed by atoms with Crippen LogP contribution in [0, 0.1) is 17.1 Å². The third kappa shape index (κ3) is 2.67. The lowest BCUT2D eigenvalue weighted by molar-refractivity contribution is -0.136. The van der Waals surface area contributed by atoms with E-state index in [4.69, 9.17) is 22.0 Å². The number of benzene rings is 1. The van der Waals surface area contributed by atoms with Crippen LogP contribution < -0.4 is 0 Å². The minimum atomic E-state index is -1.07. The molecule has 0 radical (unpaired) electrons. The molecule has 1 aromatic rings. The first-order chi connectivity index (χ1) is 7.08. The molecule has 0 amide bonds. The Morgan fingerprint density at radius 3 is 2.67 bits per heavy atom. The number of carboxylic acid groups (broad SMARTS) is 1. The lowest BCUT2D eigenvalue weighted by Crippen LogP contribution is -2.04. The van der Waals surface area contributed by atoms with Gasteiger partial charge in [-0.15, -0.1) is 11.6 Å². The molecule has 0 aliphatic rings. The number of nitriles is 1. The maximum atomic E-state index is 13.2. The van der Waals surface area contributed by atoms with Crippen LogP contribution in [0.5, 0.6) is 0 Å². The molecule has 0 heterocycles. The molecule has 1 rings (SSSR count). The second kappa shape index (κ2) is 4.76. The fourth-order valence-corrected chi connectivity index (χ4v) is 1.39. The second-order valence-corrected chi connectivity index (χ2v) is 3.18. The molecule has 0 fully saturated rings. The van der Waals surface area contributed by atoms with Gasteiger partial charge in [-0.1, -0.05) is 0 Å². The molecule has 1 aromatic carbocycles. The van der Waals surface area contributed by atoms with E-state index < -0.39 is 11.8 Å². The van der Waals surface area contributed by atoms with E-state index in [0.717, 1.165) is 6.07 Å². The number of hydrogen-bond acceptors (Lipinski definition) is 2. The van der Waals surface area contributed by atoms with Crippen molar-refractivity contribution in [2.45, 2.75) is 12.3 Å². The second-order valence-electron chi connectivity index (χ2n) is 2.92. The van der Waals surface area contributed by atoms with Crippen molar-refractivity contribution < 1.29 is 14.3 Å². The zero-order chi connectivity index (χ0) is 11.4. The molecule has 15 heavy (non-hydrogen) atoms. The Hall–Kier alpha value is -1.60. The van der Waals surface area contributed by atoms with Gasteiger partial charge in [0.15, 0.2) is 0 Å². The minimum Gasteiger partial charge on any atom is -0.481 e. The molecule has 0 aromatic heterocycles. The van der Waals surface area contributed by atoms with Crippen LogP contribution in [0.2, 0.25) is 0 Å². The molecule has 0 saturated carbocycles. The fourth-order valence-electron chi connectivity index (χ4n) is 1.18. The molecule has 3 nitrogen and oxygen atoms in total. The Balaban J connectivity index is 3.24. The summed E-state index contributed by atoms with van der Waals surface area (Å²) in [5.41, 5.74) is 0.512. The summed E-state index contributed by atoms with van der Waals surface area (Å²) < 4.78 is 13.2. The number of alkyl halides is 1. The molecular weight excluding hydrogens is 221 g/mol. The largest absolute Gasteiger partial charge is 0.481 e. The van der Waals surface area contributed by atoms with Crippen molar-refractivity contribution in [2.24, 2.45) is 0 Å². The lowest BCUT2D eigenvalue weighted by Gasteiger charge is -2.04. The van der Waals surface area contributed by atoms with Gasteiger partial charge in [-0.05, 0) is 17.7 Å². The quantitative estimate of drug-likeness (QED) is 0.804. The molecular formula is C10H7ClFNO2. The number of aliphatic carboxylic acids is 1. The van der Waals surface area contributed by atoms with Crippen LogP contribution in [-0.2, 0) is 17.1 Å². The molecule has 0 spiro atoms. The monoisotopic (exact) mass is 227 g/mol. The number of rotatable bonds is 3. The van der Waals surface area contributed by atoms with Crippen LogP contribution >= 0.6 is 11.6 Å². The number of carboxylic acids is 1. The summed E-state index contributed by atoms with van der Waals surface area (Å²) in [5.74, 6) is -1.71. The number of nitrogens with zero attached hydrogens (tertiary/aromatic N) is 1. The van der Waals surface area contributed by atoms with Crippen LogP contribution in [0.3, 0.4) is 0 Å². The van der Waals surface area contributed by atoms with E-state index in [1.54, 1.807) is 6.07 Å². The Morgan fingerprint density at radius 1 is 1.53 bits per heavy atom. The van der Waals surface area contributed by atoms with Crippen LogP contribution in [0.25, 0.3) is 0 Å². The smallest absolute Gasteiger partial charge is 0.307 e. The molecule has 0 saturated heterocycles. The Kier molecular flexibility index (Phi) is 3.64. The highest BCUT2D eigenvalue weighted by Crippen LogP contribution is 2.17. The van der Waals surface area contributed by atoms with Crippen molar-refractivity contribution in [3.05, 3.63) is 34.6 Å². The lowest BCUT2D eigenvalue weighted by atomic mass is 10.0. The Bertz CT molecular complexity index is 440. The average molecular weight is 228 g/mol. The van der Waals surface area contributed by atoms with Crippen LogP contribution in [0.15, 0.2) is 12.1 Å². The first-order valence-electron chi connectivity index (χ1n) is 4.07. The van der Waals surface area contributed by atoms with Gasteiger partial charge < -0.3 is 5.11 Å². The maximum absolute atomic E-state index is 13.2. The first kappa shape index (κ1) is 11.5. The molecule has 0 aliphatic heterocycles. The van der Waals surface area contributed by atoms with Crippen molar-refractivity contribution in [2.75, 3.05) is 0 Å². The van der Waals surface area contributed by atoms with E-state index in [-0.39, 0.29) is 29.0 Å². The predicted octanol–water partition coefficient (Wildman–Crippen LogP) is 2.06. The number of halogens is 2. The summed E-state index contributed by atoms with van der Waals surface area (Å²) in [6.07, 6.45) is -0.312. The van der Waals surface area contributed by atoms with Gasteiger partial charge in [-0.3, -0.25) is 4.79 Å². The van der Waals surface area contributed by atoms with Crippen molar-refractivity contribution in [3.8, 4) is 6.07 Å². The van der Waals surface area contributed by atoms with Crippen molar-refractivity contribution >= 4 is 17.6 Å². The minimum absolute atomic E-state index is 0.0313. The zero-order valence-corrected chi connectivity index (χ0v) is 8.38. The van der Waals surface area contributed by atoms with Gasteiger partial charge >= 0.3 is 5.97 Å². The topological polar surface area (TPSA) is 61.1 Å². The van der Waals surface area contributed by atoms with Gasteiger partial charge in [0.2, 0.25) is 0 Å². The highest BCUT2D eigenvalue weighted by atomic mass is 35.5. The van der Waals surface area contributed by atoms with Crippen LogP contribution in [0.4, 0.5) is 4.39 Å². The van der Waals surface area contributed by atoms with Gasteiger partial charge in [0.05, 0.1) is 23.9 Å². The van der Waals surface area contributed by atoms with Crippen LogP contribution in [-0.4, -0.2) is 11.1 Å². The fraction of sp³-hybridized carbons (Fsp3) is 0.200. The zero-order valence-electron chi connectivity index (χ0n) is 7.63. The molecule has 0 unspecified atom stereocenters. The van der Waals surface area contributed by atoms with Gasteiger partial charge in [0, 0.05) is 5.56 Å². The van der Waals surface area contributed by atoms with Crippen LogP contribution in [0.1, 0.15) is 16.7 Å². The molecule has 0 aliphatic carbocycles. The third-order valence-corrected chi connectivity index (χ3v) is 2.17. The van der Waals surface area contributed by atoms with E-state index in [0.29, 0.717) is 0 Å². The molecule has 0 atom stereocenters. The summed E-state index contributed by atoms with van der Waals surface area (Å²) in [6.45, 7) is 0. The van der Waals surface area contributed by atoms with E-state index in [1.807, 2.05) is 0 Å². The number of hydrogen-bond donors (Lipinski definition) is 1. The Labute approximate surface area is 90.7 Å². The van der Waals surface area contributed by atoms with E-state index >= 15 is 0 Å². The molecule has 0 bridgehead atoms. The van der Waals surface area contributed by atoms with Gasteiger partial charge in [-0.2, -0.15) is 5.26 Å². The highest BCUT2D eigenvalue weighted by Gasteiger charge is 2.11. The van der Waals surface area contributed by atoms with Crippen molar-refractivity contribution in [3.63, 3.8) is 0 Å². The molecule has 78 valence electrons. The van der Waals surface area contributed by atoms with Gasteiger partial charge in [-0.25, -0.2) is 4.39 Å². The van der Waals surface area contributed by atoms with Crippen molar-refractivity contribution in [1.29, 1.82) is 5.26 Å². The van der Waals surface area contributed by atoms with E-state index in [2.05, 4.69) is 0 Å². The van der Waals surface area contributed by atoms with E-state index in [9.17, 15) is 9.18 Å². The molecule has 1 N–H and O–H groups in total. The van der Waals surface area contributed by atoms with Crippen molar-refractivity contribution in [1.82, 2.24) is 0 Å². The highest BCUT2D eigenvalue weighted by molar-refractivity contribution is 6.17. The third-order valence-electron chi connectivity index (χ3n) is 1.88. The summed E-state index contributed by atoms with van der Waals surface area (Å²) in [7, 11) is 0. The average Bonchev–Trinajstić information content (AvgIpc) is 2.19. The van der Waals surface area contributed by atoms with Gasteiger partial charge in [0.25, 0.3) is 0 Å². The van der Waals surface area contributed by atoms with Gasteiger partial charge in [0.1, 0.15) is 5.82 Å². The SMILES string of the molecule is N#Cc1cc(F)c(CCl)cc1CC(=O)O. The maximum Gasteiger partial charge on any atom is 0.307 e. The predicted molar refractivity (Wildman–Crippen MR) is 52.0 cm³/mol. The first-order valence-corrected chi connectivity index (χ1v) is 4.61. The summed E-state index contributed by atoms with van der Waals surface area (Å²) in [5, 5.41) is 17.3. The summed E-state index contributed by atoms with van der Waals surface area (Å²) in [6, 6.07) is 4.07. The standard InChI is InChI=1S/C10H7ClFNO2/c11-4-7-1-6(3-10(14)15)8(5-13)2-9(7)12/h1-2H,3-4H2,(H,14,15). The van der Waals surface area contributed by atoms with E-state index in [1.165, 1.54) is 6.07 Å². The summed E-state index contributed by atoms with van der Waals surface area (Å²) >= 11 is 5.47. The molecule has 5 heteroatoms.